The van der Waals surface area contributed by atoms with Crippen molar-refractivity contribution < 1.29 is 14.7 Å². The molecular formula is C27H24N4O3. The van der Waals surface area contributed by atoms with E-state index in [0.29, 0.717) is 37.4 Å². The number of carbonyl (C=O) groups excluding carboxylic acids is 2. The van der Waals surface area contributed by atoms with Gasteiger partial charge < -0.3 is 14.9 Å². The number of phenolic OH excluding ortho intramolecular Hbond substituents is 1. The van der Waals surface area contributed by atoms with Gasteiger partial charge in [-0.25, -0.2) is 4.68 Å². The lowest BCUT2D eigenvalue weighted by atomic mass is 10.1. The number of phenols is 1. The van der Waals surface area contributed by atoms with Crippen molar-refractivity contribution in [2.75, 3.05) is 26.2 Å². The van der Waals surface area contributed by atoms with Crippen LogP contribution in [0, 0.1) is 0 Å². The number of aromatic nitrogens is 2. The molecule has 34 heavy (non-hydrogen) atoms. The largest absolute Gasteiger partial charge is 0.507 e. The van der Waals surface area contributed by atoms with Gasteiger partial charge in [0.15, 0.2) is 0 Å². The monoisotopic (exact) mass is 452 g/mol. The topological polar surface area (TPSA) is 78.7 Å². The summed E-state index contributed by atoms with van der Waals surface area (Å²) in [7, 11) is 0. The van der Waals surface area contributed by atoms with Crippen LogP contribution in [0.5, 0.6) is 5.75 Å². The number of hydrogen-bond acceptors (Lipinski definition) is 4. The van der Waals surface area contributed by atoms with E-state index < -0.39 is 0 Å². The van der Waals surface area contributed by atoms with Gasteiger partial charge in [-0.05, 0) is 24.3 Å². The molecule has 0 atom stereocenters. The number of rotatable bonds is 4. The number of aromatic hydroxyl groups is 1. The van der Waals surface area contributed by atoms with E-state index in [1.165, 1.54) is 6.07 Å². The number of benzene rings is 3. The predicted octanol–water partition coefficient (Wildman–Crippen LogP) is 3.84. The molecular weight excluding hydrogens is 428 g/mol. The smallest absolute Gasteiger partial charge is 0.257 e. The second-order valence-corrected chi connectivity index (χ2v) is 8.14. The van der Waals surface area contributed by atoms with Crippen molar-refractivity contribution in [3.8, 4) is 22.7 Å². The number of carbonyl (C=O) groups is 2. The highest BCUT2D eigenvalue weighted by Gasteiger charge is 2.29. The summed E-state index contributed by atoms with van der Waals surface area (Å²) in [5.41, 5.74) is 3.17. The van der Waals surface area contributed by atoms with Gasteiger partial charge in [-0.3, -0.25) is 9.59 Å². The first-order chi connectivity index (χ1) is 16.6. The second kappa shape index (κ2) is 9.23. The van der Waals surface area contributed by atoms with Crippen molar-refractivity contribution in [1.82, 2.24) is 19.6 Å². The third kappa shape index (κ3) is 4.15. The molecule has 5 rings (SSSR count). The molecule has 0 unspecified atom stereocenters. The van der Waals surface area contributed by atoms with E-state index in [-0.39, 0.29) is 23.1 Å². The van der Waals surface area contributed by atoms with Gasteiger partial charge in [0.05, 0.1) is 16.8 Å². The van der Waals surface area contributed by atoms with Crippen LogP contribution in [0.2, 0.25) is 0 Å². The van der Waals surface area contributed by atoms with Crippen LogP contribution in [-0.2, 0) is 0 Å². The number of nitrogens with zero attached hydrogens (tertiary/aromatic N) is 4. The molecule has 4 aromatic rings. The summed E-state index contributed by atoms with van der Waals surface area (Å²) < 4.78 is 1.73. The van der Waals surface area contributed by atoms with Crippen molar-refractivity contribution in [3.63, 3.8) is 0 Å². The molecule has 170 valence electrons. The van der Waals surface area contributed by atoms with Gasteiger partial charge in [0.25, 0.3) is 11.8 Å². The Bertz CT molecular complexity index is 1310. The third-order valence-electron chi connectivity index (χ3n) is 6.00. The first kappa shape index (κ1) is 21.5. The Kier molecular flexibility index (Phi) is 5.82. The van der Waals surface area contributed by atoms with Crippen LogP contribution in [0.4, 0.5) is 0 Å². The van der Waals surface area contributed by atoms with E-state index >= 15 is 0 Å². The molecule has 0 spiro atoms. The predicted molar refractivity (Wildman–Crippen MR) is 129 cm³/mol. The van der Waals surface area contributed by atoms with Gasteiger partial charge in [0.1, 0.15) is 11.4 Å². The molecule has 2 amide bonds. The molecule has 1 aromatic heterocycles. The first-order valence-electron chi connectivity index (χ1n) is 11.2. The minimum absolute atomic E-state index is 0.0353. The highest BCUT2D eigenvalue weighted by atomic mass is 16.3. The minimum atomic E-state index is -0.230. The Balaban J connectivity index is 1.38. The molecule has 0 saturated carbocycles. The highest BCUT2D eigenvalue weighted by Crippen LogP contribution is 2.26. The highest BCUT2D eigenvalue weighted by molar-refractivity contribution is 6.00. The number of amides is 2. The SMILES string of the molecule is O=C(c1ccccc1O)N1CCN(C(=O)c2cn(-c3ccccc3)nc2-c2ccccc2)CC1. The van der Waals surface area contributed by atoms with Crippen LogP contribution in [0.25, 0.3) is 16.9 Å². The van der Waals surface area contributed by atoms with Crippen molar-refractivity contribution >= 4 is 11.8 Å². The summed E-state index contributed by atoms with van der Waals surface area (Å²) in [6, 6.07) is 25.9. The maximum atomic E-state index is 13.6. The van der Waals surface area contributed by atoms with E-state index in [9.17, 15) is 14.7 Å². The summed E-state index contributed by atoms with van der Waals surface area (Å²) >= 11 is 0. The fraction of sp³-hybridized carbons (Fsp3) is 0.148. The van der Waals surface area contributed by atoms with Gasteiger partial charge in [0.2, 0.25) is 0 Å². The molecule has 1 N–H and O–H groups in total. The van der Waals surface area contributed by atoms with E-state index in [1.807, 2.05) is 60.7 Å². The maximum absolute atomic E-state index is 13.6. The van der Waals surface area contributed by atoms with Crippen molar-refractivity contribution in [2.24, 2.45) is 0 Å². The molecule has 0 radical (unpaired) electrons. The lowest BCUT2D eigenvalue weighted by Crippen LogP contribution is -2.50. The fourth-order valence-corrected chi connectivity index (χ4v) is 4.16. The molecule has 7 nitrogen and oxygen atoms in total. The maximum Gasteiger partial charge on any atom is 0.257 e. The zero-order valence-corrected chi connectivity index (χ0v) is 18.5. The van der Waals surface area contributed by atoms with Crippen LogP contribution in [0.3, 0.4) is 0 Å². The van der Waals surface area contributed by atoms with E-state index in [2.05, 4.69) is 0 Å². The Morgan fingerprint density at radius 3 is 1.82 bits per heavy atom. The van der Waals surface area contributed by atoms with Crippen LogP contribution in [-0.4, -0.2) is 62.7 Å². The normalized spacial score (nSPS) is 13.6. The molecule has 1 saturated heterocycles. The van der Waals surface area contributed by atoms with E-state index in [1.54, 1.807) is 38.9 Å². The number of hydrogen-bond donors (Lipinski definition) is 1. The quantitative estimate of drug-likeness (QED) is 0.510. The van der Waals surface area contributed by atoms with E-state index in [4.69, 9.17) is 5.10 Å². The minimum Gasteiger partial charge on any atom is -0.507 e. The Labute approximate surface area is 197 Å². The molecule has 0 bridgehead atoms. The first-order valence-corrected chi connectivity index (χ1v) is 11.2. The summed E-state index contributed by atoms with van der Waals surface area (Å²) in [5.74, 6) is -0.380. The molecule has 3 aromatic carbocycles. The standard InChI is InChI=1S/C27H24N4O3/c32-24-14-8-7-13-22(24)26(33)29-15-17-30(18-16-29)27(34)23-19-31(21-11-5-2-6-12-21)28-25(23)20-9-3-1-4-10-20/h1-14,19,32H,15-18H2. The lowest BCUT2D eigenvalue weighted by molar-refractivity contribution is 0.0534. The van der Waals surface area contributed by atoms with Crippen molar-refractivity contribution in [2.45, 2.75) is 0 Å². The average molecular weight is 453 g/mol. The summed E-state index contributed by atoms with van der Waals surface area (Å²) in [4.78, 5) is 29.8. The van der Waals surface area contributed by atoms with Gasteiger partial charge in [0, 0.05) is 37.9 Å². The second-order valence-electron chi connectivity index (χ2n) is 8.14. The van der Waals surface area contributed by atoms with Crippen molar-refractivity contribution in [1.29, 1.82) is 0 Å². The molecule has 1 aliphatic rings. The zero-order valence-electron chi connectivity index (χ0n) is 18.5. The van der Waals surface area contributed by atoms with Gasteiger partial charge in [-0.15, -0.1) is 0 Å². The van der Waals surface area contributed by atoms with E-state index in [0.717, 1.165) is 11.3 Å². The molecule has 2 heterocycles. The Hall–Kier alpha value is -4.39. The molecule has 1 aliphatic heterocycles. The summed E-state index contributed by atoms with van der Waals surface area (Å²) in [6.45, 7) is 1.60. The number of para-hydroxylation sites is 2. The van der Waals surface area contributed by atoms with Crippen LogP contribution in [0.15, 0.2) is 91.1 Å². The average Bonchev–Trinajstić information content (AvgIpc) is 3.35. The molecule has 7 heteroatoms. The molecule has 0 aliphatic carbocycles. The van der Waals surface area contributed by atoms with Gasteiger partial charge in [-0.1, -0.05) is 60.7 Å². The van der Waals surface area contributed by atoms with Crippen LogP contribution < -0.4 is 0 Å². The van der Waals surface area contributed by atoms with Crippen LogP contribution in [0.1, 0.15) is 20.7 Å². The zero-order chi connectivity index (χ0) is 23.5. The van der Waals surface area contributed by atoms with Crippen molar-refractivity contribution in [3.05, 3.63) is 102 Å². The summed E-state index contributed by atoms with van der Waals surface area (Å²) in [5, 5.41) is 14.8. The third-order valence-corrected chi connectivity index (χ3v) is 6.00. The Morgan fingerprint density at radius 2 is 1.21 bits per heavy atom. The Morgan fingerprint density at radius 1 is 0.676 bits per heavy atom. The van der Waals surface area contributed by atoms with Crippen LogP contribution >= 0.6 is 0 Å². The molecule has 1 fully saturated rings. The number of piperazine rings is 1. The van der Waals surface area contributed by atoms with Gasteiger partial charge >= 0.3 is 0 Å². The summed E-state index contributed by atoms with van der Waals surface area (Å²) in [6.07, 6.45) is 1.78. The fourth-order valence-electron chi connectivity index (χ4n) is 4.16. The lowest BCUT2D eigenvalue weighted by Gasteiger charge is -2.34. The van der Waals surface area contributed by atoms with Gasteiger partial charge in [-0.2, -0.15) is 5.10 Å².